The first-order valence-electron chi connectivity index (χ1n) is 5.98. The third-order valence-corrected chi connectivity index (χ3v) is 4.10. The van der Waals surface area contributed by atoms with Crippen LogP contribution in [-0.2, 0) is 0 Å². The highest BCUT2D eigenvalue weighted by molar-refractivity contribution is 5.03. The summed E-state index contributed by atoms with van der Waals surface area (Å²) in [6, 6.07) is 0.825. The lowest BCUT2D eigenvalue weighted by Crippen LogP contribution is -2.64. The molecule has 0 bridgehead atoms. The van der Waals surface area contributed by atoms with Crippen molar-refractivity contribution in [2.24, 2.45) is 11.3 Å². The Morgan fingerprint density at radius 3 is 2.08 bits per heavy atom. The normalized spacial score (nSPS) is 33.0. The summed E-state index contributed by atoms with van der Waals surface area (Å²) in [5.74, 6) is 0.826. The van der Waals surface area contributed by atoms with Crippen molar-refractivity contribution in [3.05, 3.63) is 0 Å². The first-order chi connectivity index (χ1) is 6.25. The van der Waals surface area contributed by atoms with E-state index < -0.39 is 0 Å². The molecule has 1 nitrogen and oxygen atoms in total. The lowest BCUT2D eigenvalue weighted by molar-refractivity contribution is 0.0325. The fourth-order valence-corrected chi connectivity index (χ4v) is 3.37. The fraction of sp³-hybridized carbons (Fsp3) is 1.00. The van der Waals surface area contributed by atoms with Crippen molar-refractivity contribution in [2.45, 2.75) is 58.4 Å². The Kier molecular flexibility index (Phi) is 2.64. The molecule has 2 fully saturated rings. The Balaban J connectivity index is 2.01. The standard InChI is InChI=1S/C12H23N/c1-10(2)11-12(9-13-11)7-5-3-4-6-8-12/h10-11,13H,3-9H2,1-2H3/t11-/m1/s1. The van der Waals surface area contributed by atoms with Crippen LogP contribution in [0, 0.1) is 11.3 Å². The van der Waals surface area contributed by atoms with Crippen LogP contribution in [0.5, 0.6) is 0 Å². The Morgan fingerprint density at radius 1 is 1.08 bits per heavy atom. The molecule has 0 aromatic rings. The molecule has 1 saturated carbocycles. The van der Waals surface area contributed by atoms with Gasteiger partial charge in [0.1, 0.15) is 0 Å². The van der Waals surface area contributed by atoms with Crippen LogP contribution in [0.3, 0.4) is 0 Å². The molecule has 1 aliphatic carbocycles. The van der Waals surface area contributed by atoms with Gasteiger partial charge in [-0.05, 0) is 24.2 Å². The second kappa shape index (κ2) is 3.61. The maximum Gasteiger partial charge on any atom is 0.0159 e. The van der Waals surface area contributed by atoms with Crippen molar-refractivity contribution in [2.75, 3.05) is 6.54 Å². The van der Waals surface area contributed by atoms with Gasteiger partial charge in [0.2, 0.25) is 0 Å². The molecular weight excluding hydrogens is 158 g/mol. The highest BCUT2D eigenvalue weighted by atomic mass is 15.0. The van der Waals surface area contributed by atoms with E-state index in [4.69, 9.17) is 0 Å². The van der Waals surface area contributed by atoms with Crippen LogP contribution in [0.15, 0.2) is 0 Å². The van der Waals surface area contributed by atoms with Crippen molar-refractivity contribution in [3.8, 4) is 0 Å². The van der Waals surface area contributed by atoms with E-state index in [1.54, 1.807) is 0 Å². The first-order valence-corrected chi connectivity index (χ1v) is 5.98. The second-order valence-corrected chi connectivity index (χ2v) is 5.38. The number of hydrogen-bond acceptors (Lipinski definition) is 1. The molecule has 2 rings (SSSR count). The molecule has 13 heavy (non-hydrogen) atoms. The molecule has 1 heteroatoms. The summed E-state index contributed by atoms with van der Waals surface area (Å²) >= 11 is 0. The SMILES string of the molecule is CC(C)[C@H]1NCC12CCCCCC2. The van der Waals surface area contributed by atoms with Gasteiger partial charge in [-0.15, -0.1) is 0 Å². The third kappa shape index (κ3) is 1.63. The average Bonchev–Trinajstić information content (AvgIpc) is 2.26. The van der Waals surface area contributed by atoms with Crippen LogP contribution >= 0.6 is 0 Å². The summed E-state index contributed by atoms with van der Waals surface area (Å²) in [4.78, 5) is 0. The third-order valence-electron chi connectivity index (χ3n) is 4.10. The van der Waals surface area contributed by atoms with Crippen molar-refractivity contribution in [3.63, 3.8) is 0 Å². The lowest BCUT2D eigenvalue weighted by atomic mass is 9.64. The maximum absolute atomic E-state index is 3.63. The van der Waals surface area contributed by atoms with E-state index in [9.17, 15) is 0 Å². The van der Waals surface area contributed by atoms with Gasteiger partial charge in [-0.3, -0.25) is 0 Å². The highest BCUT2D eigenvalue weighted by Gasteiger charge is 2.46. The Labute approximate surface area is 82.3 Å². The minimum Gasteiger partial charge on any atom is -0.313 e. The molecular formula is C12H23N. The van der Waals surface area contributed by atoms with Gasteiger partial charge in [0.05, 0.1) is 0 Å². The van der Waals surface area contributed by atoms with Crippen molar-refractivity contribution in [1.82, 2.24) is 5.32 Å². The predicted molar refractivity (Wildman–Crippen MR) is 56.8 cm³/mol. The highest BCUT2D eigenvalue weighted by Crippen LogP contribution is 2.45. The van der Waals surface area contributed by atoms with E-state index in [0.29, 0.717) is 5.41 Å². The monoisotopic (exact) mass is 181 g/mol. The molecule has 0 amide bonds. The summed E-state index contributed by atoms with van der Waals surface area (Å²) in [5, 5.41) is 3.63. The van der Waals surface area contributed by atoms with Gasteiger partial charge in [-0.2, -0.15) is 0 Å². The molecule has 0 aromatic heterocycles. The van der Waals surface area contributed by atoms with Crippen LogP contribution in [-0.4, -0.2) is 12.6 Å². The molecule has 0 aromatic carbocycles. The molecule has 0 radical (unpaired) electrons. The Morgan fingerprint density at radius 2 is 1.69 bits per heavy atom. The first kappa shape index (κ1) is 9.51. The molecule has 1 heterocycles. The van der Waals surface area contributed by atoms with Crippen LogP contribution in [0.2, 0.25) is 0 Å². The van der Waals surface area contributed by atoms with E-state index >= 15 is 0 Å². The Bertz CT molecular complexity index is 166. The predicted octanol–water partition coefficient (Wildman–Crippen LogP) is 2.95. The topological polar surface area (TPSA) is 12.0 Å². The van der Waals surface area contributed by atoms with Crippen LogP contribution < -0.4 is 5.32 Å². The second-order valence-electron chi connectivity index (χ2n) is 5.38. The quantitative estimate of drug-likeness (QED) is 0.656. The molecule has 2 aliphatic rings. The summed E-state index contributed by atoms with van der Waals surface area (Å²) < 4.78 is 0. The minimum absolute atomic E-state index is 0.713. The van der Waals surface area contributed by atoms with Gasteiger partial charge in [0.15, 0.2) is 0 Å². The van der Waals surface area contributed by atoms with Crippen molar-refractivity contribution < 1.29 is 0 Å². The van der Waals surface area contributed by atoms with Gasteiger partial charge < -0.3 is 5.32 Å². The smallest absolute Gasteiger partial charge is 0.0159 e. The minimum atomic E-state index is 0.713. The molecule has 0 unspecified atom stereocenters. The van der Waals surface area contributed by atoms with E-state index in [2.05, 4.69) is 19.2 Å². The molecule has 1 spiro atoms. The van der Waals surface area contributed by atoms with Crippen LogP contribution in [0.4, 0.5) is 0 Å². The zero-order valence-corrected chi connectivity index (χ0v) is 9.10. The molecule has 1 atom stereocenters. The molecule has 1 N–H and O–H groups in total. The average molecular weight is 181 g/mol. The molecule has 1 aliphatic heterocycles. The van der Waals surface area contributed by atoms with Gasteiger partial charge in [-0.25, -0.2) is 0 Å². The summed E-state index contributed by atoms with van der Waals surface area (Å²) in [5.41, 5.74) is 0.713. The van der Waals surface area contributed by atoms with E-state index in [1.165, 1.54) is 45.1 Å². The number of nitrogens with one attached hydrogen (secondary N) is 1. The fourth-order valence-electron chi connectivity index (χ4n) is 3.37. The zero-order valence-electron chi connectivity index (χ0n) is 9.10. The van der Waals surface area contributed by atoms with E-state index in [-0.39, 0.29) is 0 Å². The summed E-state index contributed by atoms with van der Waals surface area (Å²) in [6.07, 6.45) is 8.89. The van der Waals surface area contributed by atoms with E-state index in [0.717, 1.165) is 12.0 Å². The van der Waals surface area contributed by atoms with Gasteiger partial charge in [0.25, 0.3) is 0 Å². The molecule has 76 valence electrons. The van der Waals surface area contributed by atoms with Crippen molar-refractivity contribution >= 4 is 0 Å². The van der Waals surface area contributed by atoms with E-state index in [1.807, 2.05) is 0 Å². The number of rotatable bonds is 1. The van der Waals surface area contributed by atoms with Crippen LogP contribution in [0.25, 0.3) is 0 Å². The lowest BCUT2D eigenvalue weighted by Gasteiger charge is -2.53. The van der Waals surface area contributed by atoms with Crippen molar-refractivity contribution in [1.29, 1.82) is 0 Å². The van der Waals surface area contributed by atoms with Gasteiger partial charge in [-0.1, -0.05) is 39.5 Å². The summed E-state index contributed by atoms with van der Waals surface area (Å²) in [6.45, 7) is 6.03. The maximum atomic E-state index is 3.63. The molecule has 1 saturated heterocycles. The van der Waals surface area contributed by atoms with Crippen LogP contribution in [0.1, 0.15) is 52.4 Å². The zero-order chi connectivity index (χ0) is 9.31. The largest absolute Gasteiger partial charge is 0.313 e. The summed E-state index contributed by atoms with van der Waals surface area (Å²) in [7, 11) is 0. The number of hydrogen-bond donors (Lipinski definition) is 1. The van der Waals surface area contributed by atoms with Gasteiger partial charge in [0, 0.05) is 12.6 Å². The van der Waals surface area contributed by atoms with Gasteiger partial charge >= 0.3 is 0 Å². The Hall–Kier alpha value is -0.0400.